The summed E-state index contributed by atoms with van der Waals surface area (Å²) in [6.07, 6.45) is -0.0945. The molecular weight excluding hydrogens is 489 g/mol. The third kappa shape index (κ3) is 7.48. The zero-order valence-corrected chi connectivity index (χ0v) is 19.9. The Morgan fingerprint density at radius 2 is 1.93 bits per heavy atom. The molecule has 156 valence electrons. The third-order valence-electron chi connectivity index (χ3n) is 3.90. The molecule has 1 aromatic heterocycles. The highest BCUT2D eigenvalue weighted by Gasteiger charge is 2.24. The van der Waals surface area contributed by atoms with Gasteiger partial charge in [-0.3, -0.25) is 0 Å². The number of guanidine groups is 1. The fourth-order valence-electron chi connectivity index (χ4n) is 2.45. The minimum Gasteiger partial charge on any atom is -0.493 e. The van der Waals surface area contributed by atoms with E-state index in [1.807, 2.05) is 55.6 Å². The first-order valence-electron chi connectivity index (χ1n) is 9.04. The monoisotopic (exact) mass is 519 g/mol. The van der Waals surface area contributed by atoms with Crippen molar-refractivity contribution >= 4 is 41.3 Å². The average molecular weight is 519 g/mol. The van der Waals surface area contributed by atoms with Crippen molar-refractivity contribution in [1.29, 1.82) is 0 Å². The van der Waals surface area contributed by atoms with E-state index in [0.29, 0.717) is 24.0 Å². The topological polar surface area (TPSA) is 75.1 Å². The van der Waals surface area contributed by atoms with Crippen LogP contribution >= 0.6 is 35.3 Å². The smallest absolute Gasteiger partial charge is 0.191 e. The number of aliphatic hydroxyl groups is 1. The molecule has 1 heterocycles. The number of para-hydroxylation sites is 2. The van der Waals surface area contributed by atoms with E-state index in [0.717, 1.165) is 11.4 Å². The summed E-state index contributed by atoms with van der Waals surface area (Å²) in [7, 11) is 1.63. The van der Waals surface area contributed by atoms with Crippen LogP contribution in [-0.2, 0) is 5.60 Å². The van der Waals surface area contributed by atoms with Gasteiger partial charge in [0, 0.05) is 11.4 Å². The van der Waals surface area contributed by atoms with Gasteiger partial charge in [-0.25, -0.2) is 4.99 Å². The molecule has 2 unspecified atom stereocenters. The van der Waals surface area contributed by atoms with Gasteiger partial charge in [0.1, 0.15) is 11.7 Å². The van der Waals surface area contributed by atoms with Crippen molar-refractivity contribution in [1.82, 2.24) is 10.6 Å². The average Bonchev–Trinajstić information content (AvgIpc) is 3.20. The normalized spacial score (nSPS) is 14.4. The van der Waals surface area contributed by atoms with Crippen LogP contribution in [-0.4, -0.2) is 43.9 Å². The second-order valence-corrected chi connectivity index (χ2v) is 7.35. The Morgan fingerprint density at radius 1 is 1.21 bits per heavy atom. The van der Waals surface area contributed by atoms with Gasteiger partial charge in [0.05, 0.1) is 20.2 Å². The first-order valence-corrected chi connectivity index (χ1v) is 9.92. The number of methoxy groups -OCH3 is 1. The summed E-state index contributed by atoms with van der Waals surface area (Å²) >= 11 is 1.53. The maximum Gasteiger partial charge on any atom is 0.191 e. The van der Waals surface area contributed by atoms with Gasteiger partial charge in [-0.1, -0.05) is 18.2 Å². The maximum atomic E-state index is 10.6. The number of thiophene rings is 1. The van der Waals surface area contributed by atoms with Crippen LogP contribution in [0.25, 0.3) is 0 Å². The van der Waals surface area contributed by atoms with Gasteiger partial charge in [0.2, 0.25) is 0 Å². The number of ether oxygens (including phenoxy) is 2. The van der Waals surface area contributed by atoms with Gasteiger partial charge < -0.3 is 25.2 Å². The summed E-state index contributed by atoms with van der Waals surface area (Å²) in [5, 5.41) is 19.0. The van der Waals surface area contributed by atoms with Crippen molar-refractivity contribution < 1.29 is 14.6 Å². The zero-order valence-electron chi connectivity index (χ0n) is 16.8. The van der Waals surface area contributed by atoms with Crippen molar-refractivity contribution in [2.45, 2.75) is 32.5 Å². The SMILES string of the molecule is CCNC(=NCC(C)(O)c1cccs1)NCC(C)Oc1ccccc1OC.I. The molecule has 0 aliphatic heterocycles. The molecule has 0 aliphatic rings. The Kier molecular flexibility index (Phi) is 10.6. The van der Waals surface area contributed by atoms with Crippen LogP contribution in [0.3, 0.4) is 0 Å². The van der Waals surface area contributed by atoms with E-state index in [9.17, 15) is 5.11 Å². The van der Waals surface area contributed by atoms with Crippen molar-refractivity contribution in [3.8, 4) is 11.5 Å². The predicted octanol–water partition coefficient (Wildman–Crippen LogP) is 3.60. The van der Waals surface area contributed by atoms with Gasteiger partial charge >= 0.3 is 0 Å². The number of rotatable bonds is 9. The first-order chi connectivity index (χ1) is 13.0. The van der Waals surface area contributed by atoms with Crippen molar-refractivity contribution in [3.63, 3.8) is 0 Å². The summed E-state index contributed by atoms with van der Waals surface area (Å²) in [4.78, 5) is 5.42. The molecule has 0 radical (unpaired) electrons. The number of aliphatic imine (C=N–C) groups is 1. The lowest BCUT2D eigenvalue weighted by atomic mass is 10.1. The maximum absolute atomic E-state index is 10.6. The summed E-state index contributed by atoms with van der Waals surface area (Å²) in [6.45, 7) is 7.32. The van der Waals surface area contributed by atoms with E-state index in [2.05, 4.69) is 15.6 Å². The molecule has 3 N–H and O–H groups in total. The second-order valence-electron chi connectivity index (χ2n) is 6.41. The van der Waals surface area contributed by atoms with Crippen LogP contribution in [0.2, 0.25) is 0 Å². The molecule has 6 nitrogen and oxygen atoms in total. The zero-order chi connectivity index (χ0) is 19.7. The molecular formula is C20H30IN3O3S. The molecule has 8 heteroatoms. The lowest BCUT2D eigenvalue weighted by molar-refractivity contribution is 0.0711. The molecule has 0 saturated heterocycles. The van der Waals surface area contributed by atoms with Crippen LogP contribution in [0.4, 0.5) is 0 Å². The van der Waals surface area contributed by atoms with E-state index in [-0.39, 0.29) is 36.6 Å². The number of halogens is 1. The van der Waals surface area contributed by atoms with Crippen LogP contribution in [0.1, 0.15) is 25.6 Å². The highest BCUT2D eigenvalue weighted by Crippen LogP contribution is 2.27. The Hall–Kier alpha value is -1.52. The largest absolute Gasteiger partial charge is 0.493 e. The quantitative estimate of drug-likeness (QED) is 0.268. The predicted molar refractivity (Wildman–Crippen MR) is 126 cm³/mol. The molecule has 0 bridgehead atoms. The highest BCUT2D eigenvalue weighted by molar-refractivity contribution is 14.0. The minimum atomic E-state index is -0.990. The van der Waals surface area contributed by atoms with Gasteiger partial charge in [-0.2, -0.15) is 0 Å². The van der Waals surface area contributed by atoms with Crippen molar-refractivity contribution in [2.75, 3.05) is 26.7 Å². The fourth-order valence-corrected chi connectivity index (χ4v) is 3.23. The molecule has 0 fully saturated rings. The number of benzene rings is 1. The van der Waals surface area contributed by atoms with Gasteiger partial charge in [0.15, 0.2) is 17.5 Å². The lowest BCUT2D eigenvalue weighted by Gasteiger charge is -2.22. The number of nitrogens with one attached hydrogen (secondary N) is 2. The van der Waals surface area contributed by atoms with Crippen LogP contribution in [0.5, 0.6) is 11.5 Å². The molecule has 1 aromatic carbocycles. The Morgan fingerprint density at radius 3 is 2.54 bits per heavy atom. The van der Waals surface area contributed by atoms with Crippen molar-refractivity contribution in [3.05, 3.63) is 46.7 Å². The lowest BCUT2D eigenvalue weighted by Crippen LogP contribution is -2.42. The number of hydrogen-bond acceptors (Lipinski definition) is 5. The first kappa shape index (κ1) is 24.5. The van der Waals surface area contributed by atoms with Gasteiger partial charge in [-0.15, -0.1) is 35.3 Å². The molecule has 0 spiro atoms. The Balaban J connectivity index is 0.00000392. The summed E-state index contributed by atoms with van der Waals surface area (Å²) in [5.74, 6) is 2.05. The van der Waals surface area contributed by atoms with E-state index in [4.69, 9.17) is 9.47 Å². The molecule has 2 rings (SSSR count). The molecule has 2 aromatic rings. The standard InChI is InChI=1S/C20H29N3O3S.HI/c1-5-21-19(23-14-20(3,24)18-11-8-12-27-18)22-13-15(2)26-17-10-7-6-9-16(17)25-4;/h6-12,15,24H,5,13-14H2,1-4H3,(H2,21,22,23);1H. The van der Waals surface area contributed by atoms with Crippen LogP contribution < -0.4 is 20.1 Å². The summed E-state index contributed by atoms with van der Waals surface area (Å²) in [6, 6.07) is 11.4. The number of hydrogen-bond donors (Lipinski definition) is 3. The van der Waals surface area contributed by atoms with E-state index < -0.39 is 5.60 Å². The molecule has 2 atom stereocenters. The minimum absolute atomic E-state index is 0. The van der Waals surface area contributed by atoms with E-state index >= 15 is 0 Å². The third-order valence-corrected chi connectivity index (χ3v) is 5.02. The molecule has 28 heavy (non-hydrogen) atoms. The highest BCUT2D eigenvalue weighted by atomic mass is 127. The Bertz CT molecular complexity index is 723. The van der Waals surface area contributed by atoms with Gasteiger partial charge in [0.25, 0.3) is 0 Å². The number of nitrogens with zero attached hydrogens (tertiary/aromatic N) is 1. The van der Waals surface area contributed by atoms with Crippen LogP contribution in [0.15, 0.2) is 46.8 Å². The van der Waals surface area contributed by atoms with E-state index in [1.54, 1.807) is 14.0 Å². The summed E-state index contributed by atoms with van der Waals surface area (Å²) < 4.78 is 11.3. The molecule has 0 aliphatic carbocycles. The van der Waals surface area contributed by atoms with E-state index in [1.165, 1.54) is 11.3 Å². The Labute approximate surface area is 188 Å². The molecule has 0 saturated carbocycles. The van der Waals surface area contributed by atoms with Crippen molar-refractivity contribution in [2.24, 2.45) is 4.99 Å². The summed E-state index contributed by atoms with van der Waals surface area (Å²) in [5.41, 5.74) is -0.990. The van der Waals surface area contributed by atoms with Crippen LogP contribution in [0, 0.1) is 0 Å². The van der Waals surface area contributed by atoms with Gasteiger partial charge in [-0.05, 0) is 44.4 Å². The molecule has 0 amide bonds. The fraction of sp³-hybridized carbons (Fsp3) is 0.450. The second kappa shape index (κ2) is 12.1.